The van der Waals surface area contributed by atoms with E-state index in [2.05, 4.69) is 40.1 Å². The number of halogens is 2. The first-order valence-electron chi connectivity index (χ1n) is 6.22. The first-order valence-corrected chi connectivity index (χ1v) is 7.39. The minimum absolute atomic E-state index is 0.572. The Morgan fingerprint density at radius 1 is 1.42 bits per heavy atom. The normalized spacial score (nSPS) is 11.1. The van der Waals surface area contributed by atoms with Crippen LogP contribution in [0.1, 0.15) is 19.5 Å². The molecule has 2 aromatic rings. The van der Waals surface area contributed by atoms with Crippen molar-refractivity contribution in [2.24, 2.45) is 5.92 Å². The van der Waals surface area contributed by atoms with Gasteiger partial charge in [0.2, 0.25) is 5.95 Å². The minimum atomic E-state index is 0.572. The summed E-state index contributed by atoms with van der Waals surface area (Å²) in [6, 6.07) is 5.85. The van der Waals surface area contributed by atoms with Crippen molar-refractivity contribution < 1.29 is 0 Å². The average molecular weight is 343 g/mol. The number of benzene rings is 1. The second-order valence-corrected chi connectivity index (χ2v) is 6.21. The lowest BCUT2D eigenvalue weighted by molar-refractivity contribution is 0.683. The van der Waals surface area contributed by atoms with Gasteiger partial charge in [-0.2, -0.15) is 0 Å². The van der Waals surface area contributed by atoms with Crippen molar-refractivity contribution in [3.8, 4) is 5.69 Å². The number of aromatic nitrogens is 2. The molecule has 0 bridgehead atoms. The Hall–Kier alpha value is -1.00. The second kappa shape index (κ2) is 5.97. The zero-order valence-corrected chi connectivity index (χ0v) is 13.6. The summed E-state index contributed by atoms with van der Waals surface area (Å²) in [5, 5.41) is 4.08. The van der Waals surface area contributed by atoms with Gasteiger partial charge in [-0.15, -0.1) is 0 Å². The van der Waals surface area contributed by atoms with Gasteiger partial charge in [0.05, 0.1) is 10.7 Å². The van der Waals surface area contributed by atoms with Crippen molar-refractivity contribution in [1.29, 1.82) is 0 Å². The molecule has 0 fully saturated rings. The molecule has 0 aliphatic heterocycles. The van der Waals surface area contributed by atoms with Gasteiger partial charge < -0.3 is 5.32 Å². The Kier molecular flexibility index (Phi) is 4.53. The van der Waals surface area contributed by atoms with Crippen LogP contribution in [-0.4, -0.2) is 16.1 Å². The van der Waals surface area contributed by atoms with E-state index in [1.54, 1.807) is 0 Å². The van der Waals surface area contributed by atoms with Gasteiger partial charge in [-0.1, -0.05) is 25.4 Å². The Morgan fingerprint density at radius 2 is 2.16 bits per heavy atom. The van der Waals surface area contributed by atoms with Crippen LogP contribution in [0, 0.1) is 12.8 Å². The monoisotopic (exact) mass is 341 g/mol. The SMILES string of the molecule is Cc1cn(-c2ccc(Cl)c(Br)c2)c(NCC(C)C)n1. The van der Waals surface area contributed by atoms with E-state index in [1.165, 1.54) is 0 Å². The molecule has 0 aliphatic rings. The van der Waals surface area contributed by atoms with E-state index < -0.39 is 0 Å². The Morgan fingerprint density at radius 3 is 2.79 bits per heavy atom. The lowest BCUT2D eigenvalue weighted by Gasteiger charge is -2.12. The predicted octanol–water partition coefficient (Wildman–Crippen LogP) is 4.66. The molecule has 0 radical (unpaired) electrons. The molecule has 0 atom stereocenters. The number of nitrogens with zero attached hydrogens (tertiary/aromatic N) is 2. The molecule has 19 heavy (non-hydrogen) atoms. The van der Waals surface area contributed by atoms with E-state index in [-0.39, 0.29) is 0 Å². The number of hydrogen-bond donors (Lipinski definition) is 1. The first kappa shape index (κ1) is 14.4. The third-order valence-corrected chi connectivity index (χ3v) is 3.89. The second-order valence-electron chi connectivity index (χ2n) is 4.95. The molecule has 1 aromatic carbocycles. The number of rotatable bonds is 4. The average Bonchev–Trinajstić information content (AvgIpc) is 2.71. The lowest BCUT2D eigenvalue weighted by atomic mass is 10.2. The van der Waals surface area contributed by atoms with Crippen LogP contribution < -0.4 is 5.32 Å². The highest BCUT2D eigenvalue weighted by Crippen LogP contribution is 2.26. The number of imidazole rings is 1. The molecule has 1 N–H and O–H groups in total. The highest BCUT2D eigenvalue weighted by atomic mass is 79.9. The molecule has 3 nitrogen and oxygen atoms in total. The fourth-order valence-electron chi connectivity index (χ4n) is 1.75. The van der Waals surface area contributed by atoms with Crippen LogP contribution in [0.25, 0.3) is 5.69 Å². The van der Waals surface area contributed by atoms with Crippen LogP contribution in [0.4, 0.5) is 5.95 Å². The lowest BCUT2D eigenvalue weighted by Crippen LogP contribution is -2.12. The Balaban J connectivity index is 2.35. The molecular formula is C14H17BrClN3. The smallest absolute Gasteiger partial charge is 0.207 e. The van der Waals surface area contributed by atoms with Crippen molar-refractivity contribution in [2.75, 3.05) is 11.9 Å². The van der Waals surface area contributed by atoms with Crippen molar-refractivity contribution in [2.45, 2.75) is 20.8 Å². The van der Waals surface area contributed by atoms with Crippen LogP contribution in [0.5, 0.6) is 0 Å². The van der Waals surface area contributed by atoms with Crippen LogP contribution in [0.3, 0.4) is 0 Å². The van der Waals surface area contributed by atoms with Crippen LogP contribution in [0.15, 0.2) is 28.9 Å². The van der Waals surface area contributed by atoms with E-state index >= 15 is 0 Å². The molecule has 1 aromatic heterocycles. The molecule has 102 valence electrons. The number of hydrogen-bond acceptors (Lipinski definition) is 2. The Bertz CT molecular complexity index is 578. The summed E-state index contributed by atoms with van der Waals surface area (Å²) in [5.41, 5.74) is 2.01. The number of anilines is 1. The predicted molar refractivity (Wildman–Crippen MR) is 84.3 cm³/mol. The maximum Gasteiger partial charge on any atom is 0.207 e. The van der Waals surface area contributed by atoms with Crippen LogP contribution in [0.2, 0.25) is 5.02 Å². The summed E-state index contributed by atoms with van der Waals surface area (Å²) in [4.78, 5) is 4.51. The summed E-state index contributed by atoms with van der Waals surface area (Å²) in [7, 11) is 0. The van der Waals surface area contributed by atoms with Crippen molar-refractivity contribution in [3.63, 3.8) is 0 Å². The van der Waals surface area contributed by atoms with Crippen LogP contribution >= 0.6 is 27.5 Å². The highest BCUT2D eigenvalue weighted by Gasteiger charge is 2.09. The van der Waals surface area contributed by atoms with Gasteiger partial charge in [0.1, 0.15) is 0 Å². The quantitative estimate of drug-likeness (QED) is 0.875. The maximum atomic E-state index is 6.03. The summed E-state index contributed by atoms with van der Waals surface area (Å²) in [6.45, 7) is 7.23. The zero-order valence-electron chi connectivity index (χ0n) is 11.2. The highest BCUT2D eigenvalue weighted by molar-refractivity contribution is 9.10. The molecular weight excluding hydrogens is 326 g/mol. The molecule has 0 saturated heterocycles. The van der Waals surface area contributed by atoms with Gasteiger partial charge >= 0.3 is 0 Å². The molecule has 0 unspecified atom stereocenters. The van der Waals surface area contributed by atoms with E-state index in [9.17, 15) is 0 Å². The number of aryl methyl sites for hydroxylation is 1. The standard InChI is InChI=1S/C14H17BrClN3/c1-9(2)7-17-14-18-10(3)8-19(14)11-4-5-13(16)12(15)6-11/h4-6,8-9H,7H2,1-3H3,(H,17,18). The van der Waals surface area contributed by atoms with E-state index in [0.29, 0.717) is 10.9 Å². The van der Waals surface area contributed by atoms with Crippen molar-refractivity contribution >= 4 is 33.5 Å². The molecule has 5 heteroatoms. The van der Waals surface area contributed by atoms with Crippen LogP contribution in [-0.2, 0) is 0 Å². The third-order valence-electron chi connectivity index (χ3n) is 2.68. The first-order chi connectivity index (χ1) is 8.97. The fraction of sp³-hybridized carbons (Fsp3) is 0.357. The molecule has 0 spiro atoms. The number of nitrogens with one attached hydrogen (secondary N) is 1. The molecule has 1 heterocycles. The summed E-state index contributed by atoms with van der Waals surface area (Å²) in [6.07, 6.45) is 2.01. The van der Waals surface area contributed by atoms with Gasteiger partial charge in [-0.3, -0.25) is 4.57 Å². The molecule has 0 saturated carbocycles. The topological polar surface area (TPSA) is 29.9 Å². The Labute approximate surface area is 127 Å². The molecule has 2 rings (SSSR count). The summed E-state index contributed by atoms with van der Waals surface area (Å²) >= 11 is 9.48. The van der Waals surface area contributed by atoms with Gasteiger partial charge in [0.25, 0.3) is 0 Å². The van der Waals surface area contributed by atoms with Gasteiger partial charge in [-0.05, 0) is 47.0 Å². The van der Waals surface area contributed by atoms with Crippen molar-refractivity contribution in [3.05, 3.63) is 39.6 Å². The summed E-state index contributed by atoms with van der Waals surface area (Å²) < 4.78 is 2.92. The third kappa shape index (κ3) is 3.51. The van der Waals surface area contributed by atoms with Gasteiger partial charge in [-0.25, -0.2) is 4.98 Å². The van der Waals surface area contributed by atoms with E-state index in [1.807, 2.05) is 35.9 Å². The minimum Gasteiger partial charge on any atom is -0.355 e. The van der Waals surface area contributed by atoms with Crippen molar-refractivity contribution in [1.82, 2.24) is 9.55 Å². The van der Waals surface area contributed by atoms with E-state index in [0.717, 1.165) is 28.3 Å². The fourth-order valence-corrected chi connectivity index (χ4v) is 2.23. The van der Waals surface area contributed by atoms with Gasteiger partial charge in [0.15, 0.2) is 0 Å². The zero-order chi connectivity index (χ0) is 14.0. The van der Waals surface area contributed by atoms with E-state index in [4.69, 9.17) is 11.6 Å². The molecule has 0 aliphatic carbocycles. The maximum absolute atomic E-state index is 6.03. The summed E-state index contributed by atoms with van der Waals surface area (Å²) in [5.74, 6) is 1.43. The molecule has 0 amide bonds. The largest absolute Gasteiger partial charge is 0.355 e. The van der Waals surface area contributed by atoms with Gasteiger partial charge in [0, 0.05) is 22.9 Å².